The van der Waals surface area contributed by atoms with Crippen molar-refractivity contribution in [3.05, 3.63) is 29.0 Å². The molecule has 1 saturated carbocycles. The van der Waals surface area contributed by atoms with Crippen molar-refractivity contribution >= 4 is 23.3 Å². The fourth-order valence-corrected chi connectivity index (χ4v) is 3.47. The molecule has 0 heterocycles. The zero-order chi connectivity index (χ0) is 17.2. The summed E-state index contributed by atoms with van der Waals surface area (Å²) < 4.78 is 13.8. The molecule has 0 aromatic heterocycles. The highest BCUT2D eigenvalue weighted by Crippen LogP contribution is 2.24. The number of hydrogen-bond acceptors (Lipinski definition) is 1. The fourth-order valence-electron chi connectivity index (χ4n) is 3.26. The minimum absolute atomic E-state index is 0.0461. The highest BCUT2D eigenvalue weighted by Gasteiger charge is 2.15. The molecular formula is C19H28ClFN2O. The molecule has 0 saturated heterocycles. The van der Waals surface area contributed by atoms with Crippen LogP contribution in [0.25, 0.3) is 0 Å². The summed E-state index contributed by atoms with van der Waals surface area (Å²) in [5.74, 6) is -0.517. The highest BCUT2D eigenvalue weighted by atomic mass is 35.5. The second-order valence-electron chi connectivity index (χ2n) is 6.65. The van der Waals surface area contributed by atoms with E-state index in [2.05, 4.69) is 10.6 Å². The van der Waals surface area contributed by atoms with Gasteiger partial charge in [0.05, 0.1) is 10.7 Å². The molecule has 24 heavy (non-hydrogen) atoms. The first kappa shape index (κ1) is 19.0. The third-order valence-electron chi connectivity index (χ3n) is 4.64. The smallest absolute Gasteiger partial charge is 0.319 e. The van der Waals surface area contributed by atoms with E-state index in [0.29, 0.717) is 0 Å². The van der Waals surface area contributed by atoms with Gasteiger partial charge in [0.25, 0.3) is 0 Å². The van der Waals surface area contributed by atoms with Crippen LogP contribution in [0.1, 0.15) is 70.6 Å². The lowest BCUT2D eigenvalue weighted by Crippen LogP contribution is -2.38. The number of nitrogens with one attached hydrogen (secondary N) is 2. The predicted molar refractivity (Wildman–Crippen MR) is 98.1 cm³/mol. The summed E-state index contributed by atoms with van der Waals surface area (Å²) in [5.41, 5.74) is 0.0461. The summed E-state index contributed by atoms with van der Waals surface area (Å²) in [6.07, 6.45) is 13.2. The van der Waals surface area contributed by atoms with Crippen molar-refractivity contribution in [2.24, 2.45) is 0 Å². The van der Waals surface area contributed by atoms with Gasteiger partial charge in [-0.15, -0.1) is 0 Å². The number of benzene rings is 1. The number of carbonyl (C=O) groups is 1. The number of urea groups is 1. The van der Waals surface area contributed by atoms with Gasteiger partial charge in [-0.25, -0.2) is 9.18 Å². The van der Waals surface area contributed by atoms with Gasteiger partial charge in [0.15, 0.2) is 0 Å². The number of hydrogen-bond donors (Lipinski definition) is 2. The molecule has 2 amide bonds. The molecule has 1 aromatic carbocycles. The van der Waals surface area contributed by atoms with Gasteiger partial charge in [-0.2, -0.15) is 0 Å². The summed E-state index contributed by atoms with van der Waals surface area (Å²) in [6.45, 7) is 0. The third kappa shape index (κ3) is 6.68. The molecule has 2 rings (SSSR count). The average molecular weight is 355 g/mol. The second kappa shape index (κ2) is 10.5. The molecule has 5 heteroatoms. The molecule has 134 valence electrons. The van der Waals surface area contributed by atoms with E-state index in [9.17, 15) is 9.18 Å². The van der Waals surface area contributed by atoms with Crippen molar-refractivity contribution in [2.75, 3.05) is 5.32 Å². The fraction of sp³-hybridized carbons (Fsp3) is 0.632. The molecule has 0 unspecified atom stereocenters. The van der Waals surface area contributed by atoms with Crippen LogP contribution in [0.5, 0.6) is 0 Å². The summed E-state index contributed by atoms with van der Waals surface area (Å²) in [6, 6.07) is 4.15. The maximum absolute atomic E-state index is 13.8. The topological polar surface area (TPSA) is 41.1 Å². The van der Waals surface area contributed by atoms with Crippen LogP contribution >= 0.6 is 11.6 Å². The average Bonchev–Trinajstić information content (AvgIpc) is 2.54. The zero-order valence-corrected chi connectivity index (χ0v) is 15.0. The molecule has 1 aliphatic carbocycles. The molecule has 0 aliphatic heterocycles. The number of amides is 2. The first-order valence-corrected chi connectivity index (χ1v) is 9.56. The van der Waals surface area contributed by atoms with E-state index < -0.39 is 5.82 Å². The lowest BCUT2D eigenvalue weighted by atomic mass is 9.98. The van der Waals surface area contributed by atoms with Gasteiger partial charge < -0.3 is 10.6 Å². The van der Waals surface area contributed by atoms with Crippen LogP contribution < -0.4 is 10.6 Å². The number of anilines is 1. The maximum Gasteiger partial charge on any atom is 0.319 e. The molecule has 3 nitrogen and oxygen atoms in total. The molecule has 0 bridgehead atoms. The molecular weight excluding hydrogens is 327 g/mol. The van der Waals surface area contributed by atoms with E-state index in [-0.39, 0.29) is 22.8 Å². The highest BCUT2D eigenvalue weighted by molar-refractivity contribution is 6.33. The normalized spacial score (nSPS) is 18.2. The molecule has 0 spiro atoms. The van der Waals surface area contributed by atoms with Crippen LogP contribution in [-0.2, 0) is 0 Å². The Morgan fingerprint density at radius 2 is 1.50 bits per heavy atom. The molecule has 0 atom stereocenters. The minimum Gasteiger partial charge on any atom is -0.335 e. The number of carbonyl (C=O) groups excluding carboxylic acids is 1. The Labute approximate surface area is 149 Å². The number of para-hydroxylation sites is 1. The van der Waals surface area contributed by atoms with Gasteiger partial charge in [-0.05, 0) is 25.0 Å². The monoisotopic (exact) mass is 354 g/mol. The number of rotatable bonds is 2. The molecule has 1 aliphatic rings. The van der Waals surface area contributed by atoms with Crippen LogP contribution in [0.15, 0.2) is 18.2 Å². The van der Waals surface area contributed by atoms with Crippen molar-refractivity contribution in [3.63, 3.8) is 0 Å². The quantitative estimate of drug-likeness (QED) is 0.645. The van der Waals surface area contributed by atoms with Crippen LogP contribution in [-0.4, -0.2) is 12.1 Å². The maximum atomic E-state index is 13.8. The van der Waals surface area contributed by atoms with Gasteiger partial charge in [0, 0.05) is 6.04 Å². The zero-order valence-electron chi connectivity index (χ0n) is 14.3. The molecule has 0 radical (unpaired) electrons. The predicted octanol–water partition coefficient (Wildman–Crippen LogP) is 6.27. The Morgan fingerprint density at radius 1 is 0.958 bits per heavy atom. The summed E-state index contributed by atoms with van der Waals surface area (Å²) in [5, 5.41) is 5.77. The Morgan fingerprint density at radius 3 is 2.04 bits per heavy atom. The second-order valence-corrected chi connectivity index (χ2v) is 7.06. The third-order valence-corrected chi connectivity index (χ3v) is 4.96. The van der Waals surface area contributed by atoms with E-state index >= 15 is 0 Å². The van der Waals surface area contributed by atoms with Crippen LogP contribution in [0.2, 0.25) is 5.02 Å². The van der Waals surface area contributed by atoms with Crippen molar-refractivity contribution in [1.29, 1.82) is 0 Å². The SMILES string of the molecule is O=C(Nc1c(F)cccc1Cl)NC1CCCCCCCCCCC1. The lowest BCUT2D eigenvalue weighted by Gasteiger charge is -2.20. The number of halogens is 2. The molecule has 1 fully saturated rings. The van der Waals surface area contributed by atoms with Crippen molar-refractivity contribution in [3.8, 4) is 0 Å². The minimum atomic E-state index is -0.517. The van der Waals surface area contributed by atoms with Crippen molar-refractivity contribution in [2.45, 2.75) is 76.7 Å². The van der Waals surface area contributed by atoms with Gasteiger partial charge in [-0.3, -0.25) is 0 Å². The molecule has 1 aromatic rings. The Hall–Kier alpha value is -1.29. The van der Waals surface area contributed by atoms with Crippen LogP contribution in [0, 0.1) is 5.82 Å². The first-order valence-electron chi connectivity index (χ1n) is 9.18. The van der Waals surface area contributed by atoms with Gasteiger partial charge in [-0.1, -0.05) is 75.5 Å². The van der Waals surface area contributed by atoms with E-state index in [4.69, 9.17) is 11.6 Å². The van der Waals surface area contributed by atoms with E-state index in [1.165, 1.54) is 57.1 Å². The van der Waals surface area contributed by atoms with E-state index in [1.807, 2.05) is 0 Å². The largest absolute Gasteiger partial charge is 0.335 e. The summed E-state index contributed by atoms with van der Waals surface area (Å²) in [4.78, 5) is 12.2. The molecule has 2 N–H and O–H groups in total. The van der Waals surface area contributed by atoms with Crippen LogP contribution in [0.3, 0.4) is 0 Å². The van der Waals surface area contributed by atoms with Crippen molar-refractivity contribution < 1.29 is 9.18 Å². The Balaban J connectivity index is 1.87. The summed E-state index contributed by atoms with van der Waals surface area (Å²) in [7, 11) is 0. The van der Waals surface area contributed by atoms with E-state index in [1.54, 1.807) is 6.07 Å². The van der Waals surface area contributed by atoms with Gasteiger partial charge in [0.1, 0.15) is 5.82 Å². The van der Waals surface area contributed by atoms with Gasteiger partial charge in [0.2, 0.25) is 0 Å². The first-order chi connectivity index (χ1) is 11.7. The standard InChI is InChI=1S/C19H28ClFN2O/c20-16-13-10-14-17(21)18(16)23-19(24)22-15-11-8-6-4-2-1-3-5-7-9-12-15/h10,13-15H,1-9,11-12H2,(H2,22,23,24). The van der Waals surface area contributed by atoms with E-state index in [0.717, 1.165) is 25.7 Å². The van der Waals surface area contributed by atoms with Crippen molar-refractivity contribution in [1.82, 2.24) is 5.32 Å². The lowest BCUT2D eigenvalue weighted by molar-refractivity contribution is 0.246. The Kier molecular flexibility index (Phi) is 8.37. The Bertz CT molecular complexity index is 492. The van der Waals surface area contributed by atoms with Crippen LogP contribution in [0.4, 0.5) is 14.9 Å². The van der Waals surface area contributed by atoms with Gasteiger partial charge >= 0.3 is 6.03 Å². The summed E-state index contributed by atoms with van der Waals surface area (Å²) >= 11 is 5.95.